The number of benzene rings is 1. The minimum atomic E-state index is 0.538. The molecule has 178 valence electrons. The molecule has 0 bridgehead atoms. The molecule has 1 heterocycles. The zero-order valence-electron chi connectivity index (χ0n) is 21.5. The summed E-state index contributed by atoms with van der Waals surface area (Å²) >= 11 is 0. The van der Waals surface area contributed by atoms with E-state index in [2.05, 4.69) is 99.8 Å². The van der Waals surface area contributed by atoms with Gasteiger partial charge in [0.1, 0.15) is 0 Å². The molecule has 33 heavy (non-hydrogen) atoms. The lowest BCUT2D eigenvalue weighted by Gasteiger charge is -2.30. The summed E-state index contributed by atoms with van der Waals surface area (Å²) in [6.07, 6.45) is 16.8. The zero-order chi connectivity index (χ0) is 23.8. The molecule has 0 radical (unpaired) electrons. The Kier molecular flexibility index (Phi) is 9.38. The lowest BCUT2D eigenvalue weighted by Crippen LogP contribution is -2.30. The Bertz CT molecular complexity index is 943. The highest BCUT2D eigenvalue weighted by Crippen LogP contribution is 2.40. The first-order chi connectivity index (χ1) is 15.9. The number of nitrogens with one attached hydrogen (secondary N) is 1. The third-order valence-electron chi connectivity index (χ3n) is 7.14. The molecular weight excluding hydrogens is 400 g/mol. The van der Waals surface area contributed by atoms with Gasteiger partial charge in [-0.25, -0.2) is 0 Å². The molecule has 1 aromatic carbocycles. The van der Waals surface area contributed by atoms with E-state index < -0.39 is 0 Å². The van der Waals surface area contributed by atoms with Crippen molar-refractivity contribution in [1.82, 2.24) is 9.88 Å². The lowest BCUT2D eigenvalue weighted by molar-refractivity contribution is 0.224. The predicted octanol–water partition coefficient (Wildman–Crippen LogP) is 8.65. The van der Waals surface area contributed by atoms with E-state index in [1.165, 1.54) is 52.7 Å². The molecule has 2 nitrogen and oxygen atoms in total. The summed E-state index contributed by atoms with van der Waals surface area (Å²) in [5, 5.41) is 0. The molecule has 0 saturated heterocycles. The van der Waals surface area contributed by atoms with Crippen LogP contribution in [0.25, 0.3) is 11.1 Å². The highest BCUT2D eigenvalue weighted by atomic mass is 15.1. The fraction of sp³-hybridized carbons (Fsp3) is 0.484. The molecule has 2 aromatic rings. The van der Waals surface area contributed by atoms with E-state index in [-0.39, 0.29) is 0 Å². The highest BCUT2D eigenvalue weighted by Gasteiger charge is 2.23. The molecular formula is C31H44N2. The maximum Gasteiger partial charge on any atom is 0.0239 e. The lowest BCUT2D eigenvalue weighted by atomic mass is 9.78. The van der Waals surface area contributed by atoms with Crippen LogP contribution in [0.1, 0.15) is 83.8 Å². The maximum atomic E-state index is 4.17. The summed E-state index contributed by atoms with van der Waals surface area (Å²) in [7, 11) is 0. The quantitative estimate of drug-likeness (QED) is 0.367. The monoisotopic (exact) mass is 444 g/mol. The number of nitrogens with zero attached hydrogens (tertiary/aromatic N) is 1. The minimum absolute atomic E-state index is 0.538. The first kappa shape index (κ1) is 25.3. The summed E-state index contributed by atoms with van der Waals surface area (Å²) in [5.41, 5.74) is 8.50. The van der Waals surface area contributed by atoms with Crippen molar-refractivity contribution < 1.29 is 0 Å². The number of aromatic nitrogens is 1. The standard InChI is InChI=1S/C31H44N2/c1-7-25-19-28(14-13-26(25)12-10-9-11-23(3)4)31-16-15-27(29-17-18-32-21-29)20-30(31)22-33(8-2)24(5)6/h7,10,12,15-18,20-21,23-24,28,32H,1,8-9,11,13-14,19,22H2,2-6H3/b12-10-. The highest BCUT2D eigenvalue weighted by molar-refractivity contribution is 5.64. The molecule has 0 fully saturated rings. The number of H-pyrrole nitrogens is 1. The van der Waals surface area contributed by atoms with Gasteiger partial charge in [-0.3, -0.25) is 4.90 Å². The molecule has 3 rings (SSSR count). The van der Waals surface area contributed by atoms with Gasteiger partial charge in [0.15, 0.2) is 0 Å². The molecule has 1 aliphatic rings. The largest absolute Gasteiger partial charge is 0.367 e. The van der Waals surface area contributed by atoms with Gasteiger partial charge >= 0.3 is 0 Å². The van der Waals surface area contributed by atoms with Gasteiger partial charge in [0.05, 0.1) is 0 Å². The van der Waals surface area contributed by atoms with E-state index in [1.807, 2.05) is 6.20 Å². The summed E-state index contributed by atoms with van der Waals surface area (Å²) in [5.74, 6) is 1.33. The molecule has 1 aliphatic carbocycles. The van der Waals surface area contributed by atoms with Crippen molar-refractivity contribution in [3.63, 3.8) is 0 Å². The summed E-state index contributed by atoms with van der Waals surface area (Å²) < 4.78 is 0. The Morgan fingerprint density at radius 1 is 1.12 bits per heavy atom. The van der Waals surface area contributed by atoms with Gasteiger partial charge in [-0.15, -0.1) is 0 Å². The summed E-state index contributed by atoms with van der Waals surface area (Å²) in [6, 6.07) is 9.85. The summed E-state index contributed by atoms with van der Waals surface area (Å²) in [6.45, 7) is 17.7. The van der Waals surface area contributed by atoms with Gasteiger partial charge in [-0.05, 0) is 110 Å². The average molecular weight is 445 g/mol. The fourth-order valence-corrected chi connectivity index (χ4v) is 5.02. The van der Waals surface area contributed by atoms with Crippen molar-refractivity contribution in [3.8, 4) is 11.1 Å². The Morgan fingerprint density at radius 3 is 2.58 bits per heavy atom. The van der Waals surface area contributed by atoms with Gasteiger partial charge in [0, 0.05) is 25.0 Å². The van der Waals surface area contributed by atoms with Crippen LogP contribution in [0.15, 0.2) is 72.6 Å². The smallest absolute Gasteiger partial charge is 0.0239 e. The molecule has 0 saturated carbocycles. The van der Waals surface area contributed by atoms with Crippen LogP contribution in [0, 0.1) is 5.92 Å². The molecule has 2 heteroatoms. The van der Waals surface area contributed by atoms with Crippen LogP contribution in [0.2, 0.25) is 0 Å². The Hall–Kier alpha value is -2.32. The fourth-order valence-electron chi connectivity index (χ4n) is 5.02. The van der Waals surface area contributed by atoms with Gasteiger partial charge in [0.25, 0.3) is 0 Å². The van der Waals surface area contributed by atoms with Crippen molar-refractivity contribution >= 4 is 0 Å². The first-order valence-electron chi connectivity index (χ1n) is 12.9. The topological polar surface area (TPSA) is 19.0 Å². The van der Waals surface area contributed by atoms with Crippen molar-refractivity contribution in [2.24, 2.45) is 5.92 Å². The van der Waals surface area contributed by atoms with Crippen LogP contribution in [0.4, 0.5) is 0 Å². The van der Waals surface area contributed by atoms with Crippen LogP contribution in [0.3, 0.4) is 0 Å². The Morgan fingerprint density at radius 2 is 1.94 bits per heavy atom. The molecule has 1 atom stereocenters. The zero-order valence-corrected chi connectivity index (χ0v) is 21.5. The molecule has 0 amide bonds. The minimum Gasteiger partial charge on any atom is -0.367 e. The first-order valence-corrected chi connectivity index (χ1v) is 12.9. The average Bonchev–Trinajstić information content (AvgIpc) is 3.35. The second kappa shape index (κ2) is 12.2. The number of rotatable bonds is 11. The molecule has 1 N–H and O–H groups in total. The molecule has 0 aliphatic heterocycles. The van der Waals surface area contributed by atoms with Crippen LogP contribution < -0.4 is 0 Å². The van der Waals surface area contributed by atoms with Crippen molar-refractivity contribution in [3.05, 3.63) is 83.7 Å². The molecule has 1 aromatic heterocycles. The Balaban J connectivity index is 1.87. The number of hydrogen-bond acceptors (Lipinski definition) is 1. The number of hydrogen-bond donors (Lipinski definition) is 1. The van der Waals surface area contributed by atoms with Gasteiger partial charge < -0.3 is 4.98 Å². The third kappa shape index (κ3) is 6.84. The van der Waals surface area contributed by atoms with Crippen molar-refractivity contribution in [1.29, 1.82) is 0 Å². The molecule has 1 unspecified atom stereocenters. The van der Waals surface area contributed by atoms with Crippen LogP contribution in [-0.2, 0) is 6.54 Å². The molecule has 0 spiro atoms. The van der Waals surface area contributed by atoms with E-state index in [1.54, 1.807) is 0 Å². The van der Waals surface area contributed by atoms with Crippen molar-refractivity contribution in [2.45, 2.75) is 85.2 Å². The van der Waals surface area contributed by atoms with Gasteiger partial charge in [-0.2, -0.15) is 0 Å². The number of aromatic amines is 1. The van der Waals surface area contributed by atoms with E-state index >= 15 is 0 Å². The van der Waals surface area contributed by atoms with Gasteiger partial charge in [-0.1, -0.05) is 57.7 Å². The second-order valence-corrected chi connectivity index (χ2v) is 10.2. The predicted molar refractivity (Wildman–Crippen MR) is 144 cm³/mol. The van der Waals surface area contributed by atoms with Crippen LogP contribution in [-0.4, -0.2) is 22.5 Å². The van der Waals surface area contributed by atoms with E-state index in [0.717, 1.165) is 31.8 Å². The van der Waals surface area contributed by atoms with E-state index in [9.17, 15) is 0 Å². The normalized spacial score (nSPS) is 17.2. The van der Waals surface area contributed by atoms with Gasteiger partial charge in [0.2, 0.25) is 0 Å². The Labute approximate surface area is 202 Å². The van der Waals surface area contributed by atoms with E-state index in [4.69, 9.17) is 0 Å². The third-order valence-corrected chi connectivity index (χ3v) is 7.14. The van der Waals surface area contributed by atoms with Crippen LogP contribution >= 0.6 is 0 Å². The van der Waals surface area contributed by atoms with Crippen LogP contribution in [0.5, 0.6) is 0 Å². The summed E-state index contributed by atoms with van der Waals surface area (Å²) in [4.78, 5) is 5.77. The number of allylic oxidation sites excluding steroid dienone is 5. The second-order valence-electron chi connectivity index (χ2n) is 10.2. The van der Waals surface area contributed by atoms with Crippen molar-refractivity contribution in [2.75, 3.05) is 6.54 Å². The maximum absolute atomic E-state index is 4.17. The van der Waals surface area contributed by atoms with E-state index in [0.29, 0.717) is 12.0 Å². The SMILES string of the molecule is C=CC1=C(/C=C\CCC(C)C)CCC(c2ccc(-c3cc[nH]c3)cc2CN(CC)C(C)C)C1.